The monoisotopic (exact) mass is 1800 g/mol. The fourth-order valence-corrected chi connectivity index (χ4v) is 33.4. The molecule has 0 unspecified atom stereocenters. The van der Waals surface area contributed by atoms with E-state index in [2.05, 4.69) is 473 Å². The second-order valence-corrected chi connectivity index (χ2v) is 46.0. The van der Waals surface area contributed by atoms with Gasteiger partial charge in [-0.2, -0.15) is 0 Å². The van der Waals surface area contributed by atoms with Gasteiger partial charge in [-0.1, -0.05) is 274 Å². The molecule has 0 saturated carbocycles. The first-order valence-corrected chi connectivity index (χ1v) is 51.0. The molecule has 0 fully saturated rings. The second kappa shape index (κ2) is 32.0. The fraction of sp³-hybridized carbons (Fsp3) is 0.105. The first-order valence-electron chi connectivity index (χ1n) is 43.9. The van der Waals surface area contributed by atoms with E-state index in [1.165, 1.54) is 141 Å². The fourth-order valence-electron chi connectivity index (χ4n) is 20.4. The van der Waals surface area contributed by atoms with Crippen LogP contribution in [0.5, 0.6) is 0 Å². The molecule has 0 radical (unpaired) electrons. The van der Waals surface area contributed by atoms with Crippen molar-refractivity contribution < 1.29 is 8.83 Å². The van der Waals surface area contributed by atoms with Crippen LogP contribution in [0.2, 0.25) is 0 Å². The quantitative estimate of drug-likeness (QED) is 0.0983. The van der Waals surface area contributed by atoms with Gasteiger partial charge in [-0.05, 0) is 138 Å². The van der Waals surface area contributed by atoms with Gasteiger partial charge in [-0.3, -0.25) is 0 Å². The van der Waals surface area contributed by atoms with Crippen LogP contribution in [-0.2, 0) is 21.7 Å². The van der Waals surface area contributed by atoms with Crippen molar-refractivity contribution in [3.63, 3.8) is 0 Å². The Kier molecular flexibility index (Phi) is 20.0. The molecule has 25 rings (SSSR count). The minimum atomic E-state index is -0.941. The van der Waals surface area contributed by atoms with Crippen molar-refractivity contribution >= 4 is 154 Å². The second-order valence-electron chi connectivity index (χ2n) is 35.6. The van der Waals surface area contributed by atoms with Gasteiger partial charge in [0.1, 0.15) is 0 Å². The zero-order valence-electron chi connectivity index (χ0n) is 72.5. The molecule has 15 heteroatoms. The van der Waals surface area contributed by atoms with Gasteiger partial charge >= 0.3 is 255 Å². The normalized spacial score (nSPS) is 14.9. The van der Waals surface area contributed by atoms with Crippen LogP contribution in [0.4, 0.5) is 0 Å². The van der Waals surface area contributed by atoms with E-state index in [-0.39, 0.29) is 36.2 Å². The summed E-state index contributed by atoms with van der Waals surface area (Å²) in [5, 5.41) is 46.5. The van der Waals surface area contributed by atoms with Crippen molar-refractivity contribution in [2.45, 2.75) is 77.0 Å². The topological polar surface area (TPSA) is 113 Å². The summed E-state index contributed by atoms with van der Waals surface area (Å²) in [5.41, 5.74) is 23.6. The third-order valence-corrected chi connectivity index (χ3v) is 38.7. The molecule has 129 heavy (non-hydrogen) atoms. The summed E-state index contributed by atoms with van der Waals surface area (Å²) in [7, 11) is -3.24. The molecule has 5 aromatic heterocycles. The molecule has 10 nitrogen and oxygen atoms in total. The summed E-state index contributed by atoms with van der Waals surface area (Å²) in [5.74, 6) is 1.07. The standard InChI is InChI=1S/C44H36N2OP2.C38H24N4Se.C32H28N2OP2/c1-43(2)33-13-5-9-17-37(33)48(38-18-10-6-14-34(38)43)31-25-21-29(22-26-31)41-45-46-42(47-41)30-23-27-32(28-24-30)49-39-19-11-7-15-35(39)44(3,4)36-16-8-12-20-40(36)49;1-5-13-33-29(9-1)30-10-2-6-14-34(30)41(33)27-21-17-25(18-22-27)37-39-40-38(43-37)26-19-23-28(24-20-26)42-35-15-7-3-11-31(35)32-12-4-8-16-36(32)42;1-31(2)21-13-5-9-17-25(21)36(26-18-10-6-14-22(26)31)29-33-34-30(35-29)37-27-19-11-7-15-23(27)32(3,4)24-16-8-12-20-28(24)37/h5-28H,1-4H3;1-24H;5-20H,1-4H3. The molecule has 0 saturated heterocycles. The molecule has 16 aromatic carbocycles. The van der Waals surface area contributed by atoms with Crippen molar-refractivity contribution in [2.24, 2.45) is 0 Å². The Balaban J connectivity index is 0.000000112. The summed E-state index contributed by atoms with van der Waals surface area (Å²) in [6, 6.07) is 140. The van der Waals surface area contributed by atoms with Gasteiger partial charge in [-0.25, -0.2) is 0 Å². The van der Waals surface area contributed by atoms with Crippen molar-refractivity contribution in [1.82, 2.24) is 39.7 Å². The van der Waals surface area contributed by atoms with Gasteiger partial charge in [0.15, 0.2) is 0 Å². The number of para-hydroxylation sites is 4. The molecule has 0 atom stereocenters. The summed E-state index contributed by atoms with van der Waals surface area (Å²) in [6.07, 6.45) is 0. The van der Waals surface area contributed by atoms with Crippen molar-refractivity contribution in [2.75, 3.05) is 0 Å². The molecule has 4 aliphatic rings. The molecule has 0 amide bonds. The predicted molar refractivity (Wildman–Crippen MR) is 541 cm³/mol. The van der Waals surface area contributed by atoms with Crippen LogP contribution in [0.15, 0.2) is 397 Å². The van der Waals surface area contributed by atoms with E-state index < -0.39 is 31.7 Å². The molecule has 21 aromatic rings. The summed E-state index contributed by atoms with van der Waals surface area (Å²) in [6.45, 7) is 18.6. The molecule has 4 aliphatic heterocycles. The molecule has 0 N–H and O–H groups in total. The Morgan fingerprint density at radius 2 is 0.442 bits per heavy atom. The van der Waals surface area contributed by atoms with E-state index >= 15 is 0 Å². The zero-order valence-corrected chi connectivity index (χ0v) is 77.8. The van der Waals surface area contributed by atoms with E-state index in [9.17, 15) is 0 Å². The molecule has 0 bridgehead atoms. The van der Waals surface area contributed by atoms with Crippen LogP contribution in [0.1, 0.15) is 99.9 Å². The van der Waals surface area contributed by atoms with Crippen LogP contribution in [0.25, 0.3) is 98.2 Å². The number of nitrogens with zero attached hydrogens (tertiary/aromatic N) is 8. The first-order chi connectivity index (χ1) is 63.0. The van der Waals surface area contributed by atoms with E-state index in [1.807, 2.05) is 0 Å². The van der Waals surface area contributed by atoms with Crippen LogP contribution in [-0.4, -0.2) is 54.2 Å². The molecular weight excluding hydrogens is 1720 g/mol. The number of fused-ring (bicyclic) bond motifs is 14. The number of aromatic nitrogens is 8. The van der Waals surface area contributed by atoms with E-state index in [1.54, 1.807) is 0 Å². The van der Waals surface area contributed by atoms with Crippen LogP contribution in [0, 0.1) is 0 Å². The zero-order chi connectivity index (χ0) is 87.0. The van der Waals surface area contributed by atoms with Gasteiger partial charge in [0.05, 0.1) is 15.8 Å². The summed E-state index contributed by atoms with van der Waals surface area (Å²) < 4.78 is 19.9. The number of hydrogen-bond donors (Lipinski definition) is 0. The Hall–Kier alpha value is -13.0. The summed E-state index contributed by atoms with van der Waals surface area (Å²) >= 11 is 0.0305. The third-order valence-electron chi connectivity index (χ3n) is 26.8. The minimum absolute atomic E-state index is 0.0305. The molecular formula is C114H88N8O2P4Se. The van der Waals surface area contributed by atoms with Gasteiger partial charge in [0.25, 0.3) is 0 Å². The molecule has 622 valence electrons. The average Bonchev–Trinajstić information content (AvgIpc) is 1.46. The van der Waals surface area contributed by atoms with Gasteiger partial charge in [0, 0.05) is 32.8 Å². The number of rotatable bonds is 10. The van der Waals surface area contributed by atoms with Gasteiger partial charge in [0.2, 0.25) is 23.0 Å². The van der Waals surface area contributed by atoms with Crippen molar-refractivity contribution in [1.29, 1.82) is 0 Å². The van der Waals surface area contributed by atoms with E-state index in [0.717, 1.165) is 54.0 Å². The van der Waals surface area contributed by atoms with Gasteiger partial charge in [-0.15, -0.1) is 20.4 Å². The van der Waals surface area contributed by atoms with Crippen LogP contribution in [0.3, 0.4) is 0 Å². The van der Waals surface area contributed by atoms with Crippen LogP contribution >= 0.6 is 31.7 Å². The van der Waals surface area contributed by atoms with E-state index in [4.69, 9.17) is 19.0 Å². The van der Waals surface area contributed by atoms with Crippen molar-refractivity contribution in [3.8, 4) is 54.5 Å². The molecule has 9 heterocycles. The molecule has 0 aliphatic carbocycles. The number of benzene rings is 16. The summed E-state index contributed by atoms with van der Waals surface area (Å²) in [4.78, 5) is 0. The maximum absolute atomic E-state index is 6.76. The van der Waals surface area contributed by atoms with E-state index in [0.29, 0.717) is 11.8 Å². The maximum atomic E-state index is 6.76. The van der Waals surface area contributed by atoms with Crippen molar-refractivity contribution in [3.05, 3.63) is 433 Å². The Morgan fingerprint density at radius 3 is 0.705 bits per heavy atom. The average molecular weight is 1800 g/mol. The Bertz CT molecular complexity index is 7170. The first kappa shape index (κ1) is 80.5. The van der Waals surface area contributed by atoms with Gasteiger partial charge < -0.3 is 8.83 Å². The van der Waals surface area contributed by atoms with Crippen LogP contribution < -0.4 is 64.3 Å². The Labute approximate surface area is 761 Å². The third kappa shape index (κ3) is 13.5. The SMILES string of the molecule is CC1(C)c2ccccc2P(c2ccc(-c3nnc(-c4ccc(P5c6ccccc6C(C)(C)c6ccccc65)cc4)o3)cc2)c2ccccc21.CC1(C)c2ccccc2P(c2nnc(P3c4ccccc4C(C)(C)c4ccccc43)o2)c2ccccc21.c1ccc2c(c1)c1ccccc1n2-c1ccc(-c2nnc(-c3ccc(-n4c5ccccc5c5ccccc54)cc3)[se]2)cc1. The molecule has 0 spiro atoms. The predicted octanol–water partition coefficient (Wildman–Crippen LogP) is 22.1. The Morgan fingerprint density at radius 1 is 0.217 bits per heavy atom. The number of hydrogen-bond acceptors (Lipinski definition) is 8.